The number of benzene rings is 2. The van der Waals surface area contributed by atoms with Crippen LogP contribution in [0.4, 0.5) is 4.79 Å². The molecule has 1 heterocycles. The van der Waals surface area contributed by atoms with Crippen molar-refractivity contribution in [2.45, 2.75) is 26.1 Å². The molecule has 2 amide bonds. The van der Waals surface area contributed by atoms with Gasteiger partial charge in [-0.1, -0.05) is 27.9 Å². The van der Waals surface area contributed by atoms with Crippen LogP contribution in [0.15, 0.2) is 51.2 Å². The largest absolute Gasteiger partial charge is 0.490 e. The van der Waals surface area contributed by atoms with E-state index in [9.17, 15) is 14.7 Å². The number of aliphatic hydroxyl groups excluding tert-OH is 1. The van der Waals surface area contributed by atoms with Gasteiger partial charge >= 0.3 is 12.0 Å². The number of urea groups is 1. The highest BCUT2D eigenvalue weighted by molar-refractivity contribution is 14.1. The molecule has 0 bridgehead atoms. The highest BCUT2D eigenvalue weighted by atomic mass is 127. The zero-order valence-electron chi connectivity index (χ0n) is 21.9. The van der Waals surface area contributed by atoms with E-state index >= 15 is 0 Å². The van der Waals surface area contributed by atoms with E-state index < -0.39 is 24.3 Å². The topological polar surface area (TPSA) is 140 Å². The van der Waals surface area contributed by atoms with Crippen LogP contribution in [0.2, 0.25) is 0 Å². The van der Waals surface area contributed by atoms with Crippen LogP contribution >= 0.6 is 38.5 Å². The third-order valence-corrected chi connectivity index (χ3v) is 6.70. The van der Waals surface area contributed by atoms with Gasteiger partial charge in [0.25, 0.3) is 0 Å². The summed E-state index contributed by atoms with van der Waals surface area (Å²) >= 11 is 5.58. The Morgan fingerprint density at radius 2 is 2.08 bits per heavy atom. The van der Waals surface area contributed by atoms with Gasteiger partial charge in [0, 0.05) is 15.7 Å². The third-order valence-electron chi connectivity index (χ3n) is 5.44. The van der Waals surface area contributed by atoms with Gasteiger partial charge in [-0.2, -0.15) is 5.10 Å². The Bertz CT molecular complexity index is 1360. The van der Waals surface area contributed by atoms with Crippen LogP contribution in [-0.4, -0.2) is 56.5 Å². The number of methoxy groups -OCH3 is 1. The number of terminal acetylenes is 1. The molecule has 11 nitrogen and oxygen atoms in total. The fourth-order valence-electron chi connectivity index (χ4n) is 3.76. The Labute approximate surface area is 253 Å². The molecular weight excluding hydrogens is 699 g/mol. The molecule has 0 aromatic heterocycles. The first-order valence-corrected chi connectivity index (χ1v) is 13.8. The summed E-state index contributed by atoms with van der Waals surface area (Å²) in [5.74, 6) is 3.15. The number of rotatable bonds is 12. The molecule has 0 radical (unpaired) electrons. The number of nitrogens with zero attached hydrogens (tertiary/aromatic N) is 1. The fraction of sp³-hybridized carbons (Fsp3) is 0.296. The van der Waals surface area contributed by atoms with Crippen LogP contribution in [0.3, 0.4) is 0 Å². The highest BCUT2D eigenvalue weighted by Gasteiger charge is 2.32. The quantitative estimate of drug-likeness (QED) is 0.0651. The molecule has 2 aromatic rings. The maximum Gasteiger partial charge on any atom is 0.337 e. The Hall–Kier alpha value is -3.48. The van der Waals surface area contributed by atoms with Gasteiger partial charge in [0.2, 0.25) is 0 Å². The van der Waals surface area contributed by atoms with Crippen molar-refractivity contribution in [1.82, 2.24) is 16.1 Å². The molecule has 0 spiro atoms. The Morgan fingerprint density at radius 3 is 2.77 bits per heavy atom. The average Bonchev–Trinajstić information content (AvgIpc) is 2.91. The summed E-state index contributed by atoms with van der Waals surface area (Å²) in [6.07, 6.45) is 5.65. The lowest BCUT2D eigenvalue weighted by molar-refractivity contribution is -0.136. The first-order chi connectivity index (χ1) is 19.2. The van der Waals surface area contributed by atoms with Gasteiger partial charge in [0.1, 0.15) is 19.0 Å². The number of ether oxygens (including phenoxy) is 4. The van der Waals surface area contributed by atoms with E-state index in [1.807, 2.05) is 19.1 Å². The van der Waals surface area contributed by atoms with Crippen molar-refractivity contribution in [3.8, 4) is 29.6 Å². The molecule has 212 valence electrons. The Kier molecular flexibility index (Phi) is 11.5. The first-order valence-electron chi connectivity index (χ1n) is 12.0. The molecule has 13 heteroatoms. The predicted octanol–water partition coefficient (Wildman–Crippen LogP) is 3.59. The molecule has 3 rings (SSSR count). The lowest BCUT2D eigenvalue weighted by Gasteiger charge is -2.28. The molecule has 0 unspecified atom stereocenters. The number of hydrogen-bond acceptors (Lipinski definition) is 9. The van der Waals surface area contributed by atoms with E-state index in [-0.39, 0.29) is 18.8 Å². The molecule has 4 N–H and O–H groups in total. The summed E-state index contributed by atoms with van der Waals surface area (Å²) in [5.41, 5.74) is 4.50. The second kappa shape index (κ2) is 14.8. The zero-order chi connectivity index (χ0) is 29.2. The number of hydrogen-bond donors (Lipinski definition) is 4. The number of amides is 2. The average molecular weight is 727 g/mol. The summed E-state index contributed by atoms with van der Waals surface area (Å²) in [7, 11) is 1.27. The molecule has 0 fully saturated rings. The lowest BCUT2D eigenvalue weighted by Crippen LogP contribution is -2.45. The summed E-state index contributed by atoms with van der Waals surface area (Å²) in [5, 5.41) is 19.8. The number of carbonyl (C=O) groups excluding carboxylic acids is 2. The molecule has 2 aromatic carbocycles. The van der Waals surface area contributed by atoms with Crippen molar-refractivity contribution in [2.24, 2.45) is 5.10 Å². The minimum absolute atomic E-state index is 0.104. The normalized spacial score (nSPS) is 15.5. The predicted molar refractivity (Wildman–Crippen MR) is 160 cm³/mol. The standard InChI is InChI=1S/C27H28BrIN4O7/c1-5-9-39-25-17(10-18(28)12-19(25)29)13-30-33-22(34)14-40-20-8-7-16(11-21(20)38-6-2)24-23(26(35)37-4)15(3)31-27(36)32-24/h1,7-8,10-13,22,24,33-34H,6,9,14H2,2-4H3,(H2,31,32,36)/b30-13+/t22-,24+/m1/s1. The van der Waals surface area contributed by atoms with E-state index in [0.717, 1.165) is 8.04 Å². The number of nitrogens with one attached hydrogen (secondary N) is 3. The highest BCUT2D eigenvalue weighted by Crippen LogP contribution is 2.35. The van der Waals surface area contributed by atoms with Gasteiger partial charge in [-0.3, -0.25) is 5.43 Å². The van der Waals surface area contributed by atoms with Crippen molar-refractivity contribution in [3.05, 3.63) is 60.8 Å². The van der Waals surface area contributed by atoms with Crippen molar-refractivity contribution in [1.29, 1.82) is 0 Å². The first kappa shape index (κ1) is 31.1. The van der Waals surface area contributed by atoms with Gasteiger partial charge in [-0.05, 0) is 66.3 Å². The fourth-order valence-corrected chi connectivity index (χ4v) is 5.46. The zero-order valence-corrected chi connectivity index (χ0v) is 25.7. The lowest BCUT2D eigenvalue weighted by atomic mass is 9.95. The van der Waals surface area contributed by atoms with Crippen LogP contribution in [0.1, 0.15) is 31.0 Å². The van der Waals surface area contributed by atoms with Crippen LogP contribution in [-0.2, 0) is 9.53 Å². The van der Waals surface area contributed by atoms with Gasteiger partial charge in [0.15, 0.2) is 17.7 Å². The minimum atomic E-state index is -1.16. The van der Waals surface area contributed by atoms with Crippen molar-refractivity contribution < 1.29 is 33.6 Å². The Morgan fingerprint density at radius 1 is 1.30 bits per heavy atom. The summed E-state index contributed by atoms with van der Waals surface area (Å²) in [6, 6.07) is 7.47. The molecule has 0 saturated carbocycles. The molecule has 1 aliphatic heterocycles. The van der Waals surface area contributed by atoms with Gasteiger partial charge in [-0.25, -0.2) is 9.59 Å². The molecule has 2 atom stereocenters. The second-order valence-corrected chi connectivity index (χ2v) is 10.3. The number of halogens is 2. The second-order valence-electron chi connectivity index (χ2n) is 8.21. The maximum absolute atomic E-state index is 12.4. The monoisotopic (exact) mass is 726 g/mol. The number of carbonyl (C=O) groups is 2. The van der Waals surface area contributed by atoms with Crippen molar-refractivity contribution in [2.75, 3.05) is 26.9 Å². The number of aliphatic hydroxyl groups is 1. The summed E-state index contributed by atoms with van der Waals surface area (Å²) in [6.45, 7) is 3.70. The molecular formula is C27H28BrIN4O7. The molecule has 40 heavy (non-hydrogen) atoms. The van der Waals surface area contributed by atoms with Crippen LogP contribution in [0.25, 0.3) is 0 Å². The van der Waals surface area contributed by atoms with Crippen molar-refractivity contribution >= 4 is 56.7 Å². The molecule has 1 aliphatic rings. The van der Waals surface area contributed by atoms with Crippen LogP contribution < -0.4 is 30.3 Å². The molecule has 0 saturated heterocycles. The Balaban J connectivity index is 1.72. The number of allylic oxidation sites excluding steroid dienone is 1. The third kappa shape index (κ3) is 8.03. The van der Waals surface area contributed by atoms with E-state index in [0.29, 0.717) is 40.7 Å². The van der Waals surface area contributed by atoms with E-state index in [1.165, 1.54) is 13.3 Å². The summed E-state index contributed by atoms with van der Waals surface area (Å²) in [4.78, 5) is 24.5. The van der Waals surface area contributed by atoms with Gasteiger partial charge in [0.05, 0.1) is 35.1 Å². The van der Waals surface area contributed by atoms with Gasteiger partial charge in [-0.15, -0.1) is 6.42 Å². The van der Waals surface area contributed by atoms with Crippen LogP contribution in [0.5, 0.6) is 17.2 Å². The number of hydrazone groups is 1. The van der Waals surface area contributed by atoms with Gasteiger partial charge < -0.3 is 34.7 Å². The smallest absolute Gasteiger partial charge is 0.337 e. The van der Waals surface area contributed by atoms with E-state index in [1.54, 1.807) is 25.1 Å². The minimum Gasteiger partial charge on any atom is -0.490 e. The maximum atomic E-state index is 12.4. The molecule has 0 aliphatic carbocycles. The van der Waals surface area contributed by atoms with E-state index in [4.69, 9.17) is 25.4 Å². The van der Waals surface area contributed by atoms with E-state index in [2.05, 4.69) is 65.6 Å². The summed E-state index contributed by atoms with van der Waals surface area (Å²) < 4.78 is 23.7. The number of esters is 1. The van der Waals surface area contributed by atoms with Crippen LogP contribution in [0, 0.1) is 15.9 Å². The van der Waals surface area contributed by atoms with Crippen molar-refractivity contribution in [3.63, 3.8) is 0 Å². The SMILES string of the molecule is C#CCOc1c(I)cc(Br)cc1/C=N/N[C@H](O)COc1ccc([C@@H]2NC(=O)NC(C)=C2C(=O)OC)cc1OCC.